The molecular weight excluding hydrogens is 246 g/mol. The standard InChI is InChI=1S/C18H23NO/c1-13(17-12-15-7-9-16(17)11-15)19-18(20)10-8-14-5-3-2-4-6-14/h2-6,8,10,13,15-17H,7,9,11-12H2,1H3,(H,19,20)/b10-8+/t13-,15+,16+,17-/m1/s1. The molecule has 3 rings (SSSR count). The third-order valence-electron chi connectivity index (χ3n) is 5.03. The predicted molar refractivity (Wildman–Crippen MR) is 82.0 cm³/mol. The van der Waals surface area contributed by atoms with Crippen LogP contribution in [0.4, 0.5) is 0 Å². The summed E-state index contributed by atoms with van der Waals surface area (Å²) in [6.07, 6.45) is 9.02. The number of nitrogens with one attached hydrogen (secondary N) is 1. The monoisotopic (exact) mass is 269 g/mol. The van der Waals surface area contributed by atoms with Crippen LogP contribution in [0.25, 0.3) is 6.08 Å². The van der Waals surface area contributed by atoms with Gasteiger partial charge in [-0.1, -0.05) is 36.8 Å². The van der Waals surface area contributed by atoms with Crippen LogP contribution < -0.4 is 5.32 Å². The topological polar surface area (TPSA) is 29.1 Å². The Bertz CT molecular complexity index is 493. The first-order valence-corrected chi connectivity index (χ1v) is 7.76. The minimum absolute atomic E-state index is 0.0316. The fourth-order valence-electron chi connectivity index (χ4n) is 4.02. The summed E-state index contributed by atoms with van der Waals surface area (Å²) >= 11 is 0. The first kappa shape index (κ1) is 13.4. The third kappa shape index (κ3) is 2.95. The average Bonchev–Trinajstić information content (AvgIpc) is 3.09. The largest absolute Gasteiger partial charge is 0.350 e. The zero-order chi connectivity index (χ0) is 13.9. The zero-order valence-corrected chi connectivity index (χ0v) is 12.1. The van der Waals surface area contributed by atoms with Gasteiger partial charge in [0.25, 0.3) is 0 Å². The molecule has 2 aliphatic rings. The lowest BCUT2D eigenvalue weighted by atomic mass is 9.84. The molecule has 2 bridgehead atoms. The number of carbonyl (C=O) groups is 1. The van der Waals surface area contributed by atoms with E-state index in [0.717, 1.165) is 17.4 Å². The lowest BCUT2D eigenvalue weighted by molar-refractivity contribution is -0.117. The number of hydrogen-bond donors (Lipinski definition) is 1. The van der Waals surface area contributed by atoms with Crippen molar-refractivity contribution in [2.24, 2.45) is 17.8 Å². The molecule has 0 heterocycles. The molecule has 2 heteroatoms. The molecule has 0 spiro atoms. The van der Waals surface area contributed by atoms with E-state index >= 15 is 0 Å². The molecular formula is C18H23NO. The number of rotatable bonds is 4. The molecule has 1 aromatic rings. The smallest absolute Gasteiger partial charge is 0.244 e. The zero-order valence-electron chi connectivity index (χ0n) is 12.1. The number of hydrogen-bond acceptors (Lipinski definition) is 1. The van der Waals surface area contributed by atoms with E-state index < -0.39 is 0 Å². The number of amides is 1. The molecule has 106 valence electrons. The molecule has 0 aromatic heterocycles. The lowest BCUT2D eigenvalue weighted by Crippen LogP contribution is -2.39. The van der Waals surface area contributed by atoms with Gasteiger partial charge < -0.3 is 5.32 Å². The SMILES string of the molecule is C[C@@H](NC(=O)/C=C/c1ccccc1)[C@H]1C[C@H]2CC[C@H]1C2. The van der Waals surface area contributed by atoms with Gasteiger partial charge >= 0.3 is 0 Å². The Labute approximate surface area is 121 Å². The number of carbonyl (C=O) groups excluding carboxylic acids is 1. The number of fused-ring (bicyclic) bond motifs is 2. The van der Waals surface area contributed by atoms with Gasteiger partial charge in [-0.25, -0.2) is 0 Å². The van der Waals surface area contributed by atoms with Crippen molar-refractivity contribution in [3.63, 3.8) is 0 Å². The van der Waals surface area contributed by atoms with Gasteiger partial charge in [0.1, 0.15) is 0 Å². The first-order valence-electron chi connectivity index (χ1n) is 7.76. The van der Waals surface area contributed by atoms with E-state index in [1.165, 1.54) is 25.7 Å². The van der Waals surface area contributed by atoms with Gasteiger partial charge in [0.2, 0.25) is 5.91 Å². The van der Waals surface area contributed by atoms with E-state index in [4.69, 9.17) is 0 Å². The van der Waals surface area contributed by atoms with Crippen LogP contribution in [-0.2, 0) is 4.79 Å². The Morgan fingerprint density at radius 1 is 1.25 bits per heavy atom. The van der Waals surface area contributed by atoms with Crippen molar-refractivity contribution in [1.82, 2.24) is 5.32 Å². The molecule has 4 atom stereocenters. The van der Waals surface area contributed by atoms with Gasteiger partial charge in [-0.3, -0.25) is 4.79 Å². The van der Waals surface area contributed by atoms with Crippen molar-refractivity contribution in [1.29, 1.82) is 0 Å². The van der Waals surface area contributed by atoms with Crippen molar-refractivity contribution in [2.75, 3.05) is 0 Å². The van der Waals surface area contributed by atoms with E-state index in [1.807, 2.05) is 36.4 Å². The summed E-state index contributed by atoms with van der Waals surface area (Å²) in [7, 11) is 0. The van der Waals surface area contributed by atoms with Crippen LogP contribution in [0, 0.1) is 17.8 Å². The highest BCUT2D eigenvalue weighted by molar-refractivity contribution is 5.91. The van der Waals surface area contributed by atoms with Gasteiger partial charge in [0.15, 0.2) is 0 Å². The average molecular weight is 269 g/mol. The third-order valence-corrected chi connectivity index (χ3v) is 5.03. The van der Waals surface area contributed by atoms with Crippen LogP contribution in [0.3, 0.4) is 0 Å². The Kier molecular flexibility index (Phi) is 3.90. The Morgan fingerprint density at radius 2 is 2.05 bits per heavy atom. The Balaban J connectivity index is 1.52. The fraction of sp³-hybridized carbons (Fsp3) is 0.500. The minimum atomic E-state index is 0.0316. The van der Waals surface area contributed by atoms with Crippen molar-refractivity contribution in [2.45, 2.75) is 38.6 Å². The summed E-state index contributed by atoms with van der Waals surface area (Å²) < 4.78 is 0. The van der Waals surface area contributed by atoms with Crippen molar-refractivity contribution in [3.8, 4) is 0 Å². The summed E-state index contributed by atoms with van der Waals surface area (Å²) in [5.74, 6) is 2.52. The van der Waals surface area contributed by atoms with E-state index in [0.29, 0.717) is 12.0 Å². The molecule has 0 radical (unpaired) electrons. The number of benzene rings is 1. The van der Waals surface area contributed by atoms with Crippen LogP contribution in [0.5, 0.6) is 0 Å². The molecule has 0 saturated heterocycles. The second-order valence-electron chi connectivity index (χ2n) is 6.38. The van der Waals surface area contributed by atoms with Crippen molar-refractivity contribution in [3.05, 3.63) is 42.0 Å². The van der Waals surface area contributed by atoms with E-state index in [9.17, 15) is 4.79 Å². The molecule has 0 aliphatic heterocycles. The maximum Gasteiger partial charge on any atom is 0.244 e. The molecule has 2 nitrogen and oxygen atoms in total. The molecule has 0 unspecified atom stereocenters. The highest BCUT2D eigenvalue weighted by atomic mass is 16.1. The molecule has 2 fully saturated rings. The van der Waals surface area contributed by atoms with Crippen LogP contribution in [0.1, 0.15) is 38.2 Å². The molecule has 1 aromatic carbocycles. The molecule has 2 saturated carbocycles. The van der Waals surface area contributed by atoms with E-state index in [-0.39, 0.29) is 5.91 Å². The van der Waals surface area contributed by atoms with Crippen LogP contribution in [0.15, 0.2) is 36.4 Å². The Morgan fingerprint density at radius 3 is 2.70 bits per heavy atom. The van der Waals surface area contributed by atoms with E-state index in [2.05, 4.69) is 12.2 Å². The summed E-state index contributed by atoms with van der Waals surface area (Å²) in [5, 5.41) is 3.15. The van der Waals surface area contributed by atoms with Crippen LogP contribution in [-0.4, -0.2) is 11.9 Å². The van der Waals surface area contributed by atoms with Gasteiger partial charge in [-0.2, -0.15) is 0 Å². The highest BCUT2D eigenvalue weighted by Gasteiger charge is 2.41. The van der Waals surface area contributed by atoms with E-state index in [1.54, 1.807) is 6.08 Å². The van der Waals surface area contributed by atoms with Crippen molar-refractivity contribution < 1.29 is 4.79 Å². The summed E-state index contributed by atoms with van der Waals surface area (Å²) in [6, 6.07) is 10.3. The molecule has 2 aliphatic carbocycles. The minimum Gasteiger partial charge on any atom is -0.350 e. The molecule has 1 N–H and O–H groups in total. The lowest BCUT2D eigenvalue weighted by Gasteiger charge is -2.28. The van der Waals surface area contributed by atoms with Gasteiger partial charge in [-0.05, 0) is 55.6 Å². The quantitative estimate of drug-likeness (QED) is 0.831. The van der Waals surface area contributed by atoms with Gasteiger partial charge in [0.05, 0.1) is 0 Å². The summed E-state index contributed by atoms with van der Waals surface area (Å²) in [5.41, 5.74) is 1.07. The van der Waals surface area contributed by atoms with Gasteiger partial charge in [0, 0.05) is 12.1 Å². The summed E-state index contributed by atoms with van der Waals surface area (Å²) in [4.78, 5) is 12.0. The second-order valence-corrected chi connectivity index (χ2v) is 6.38. The molecule has 20 heavy (non-hydrogen) atoms. The normalized spacial score (nSPS) is 29.8. The Hall–Kier alpha value is -1.57. The maximum absolute atomic E-state index is 12.0. The highest BCUT2D eigenvalue weighted by Crippen LogP contribution is 2.49. The molecule has 1 amide bonds. The summed E-state index contributed by atoms with van der Waals surface area (Å²) in [6.45, 7) is 2.17. The van der Waals surface area contributed by atoms with Crippen LogP contribution in [0.2, 0.25) is 0 Å². The van der Waals surface area contributed by atoms with Crippen molar-refractivity contribution >= 4 is 12.0 Å². The predicted octanol–water partition coefficient (Wildman–Crippen LogP) is 3.64. The first-order chi connectivity index (χ1) is 9.72. The van der Waals surface area contributed by atoms with Crippen LogP contribution >= 0.6 is 0 Å². The van der Waals surface area contributed by atoms with Gasteiger partial charge in [-0.15, -0.1) is 0 Å². The second kappa shape index (κ2) is 5.82. The fourth-order valence-corrected chi connectivity index (χ4v) is 4.02. The maximum atomic E-state index is 12.0.